The fourth-order valence-corrected chi connectivity index (χ4v) is 2.73. The van der Waals surface area contributed by atoms with Gasteiger partial charge in [0.1, 0.15) is 22.9 Å². The molecule has 1 fully saturated rings. The normalized spacial score (nSPS) is 14.2. The molecule has 1 atom stereocenters. The summed E-state index contributed by atoms with van der Waals surface area (Å²) in [5.74, 6) is -1.35. The minimum Gasteiger partial charge on any atom is -0.444 e. The number of hydrogen-bond acceptors (Lipinski definition) is 12. The van der Waals surface area contributed by atoms with Gasteiger partial charge in [-0.1, -0.05) is 12.0 Å². The minimum absolute atomic E-state index is 0.0735. The van der Waals surface area contributed by atoms with E-state index in [0.717, 1.165) is 0 Å². The maximum atomic E-state index is 12.0. The molecule has 0 aromatic heterocycles. The van der Waals surface area contributed by atoms with Crippen molar-refractivity contribution in [2.75, 3.05) is 19.6 Å². The van der Waals surface area contributed by atoms with Gasteiger partial charge in [-0.3, -0.25) is 14.4 Å². The average molecular weight is 621 g/mol. The first-order chi connectivity index (χ1) is 19.5. The van der Waals surface area contributed by atoms with Crippen molar-refractivity contribution in [2.45, 2.75) is 118 Å². The number of carbonyl (C=O) groups excluding carboxylic acids is 6. The molecule has 0 bridgehead atoms. The predicted molar refractivity (Wildman–Crippen MR) is 151 cm³/mol. The van der Waals surface area contributed by atoms with Crippen LogP contribution in [0.3, 0.4) is 0 Å². The first-order valence-electron chi connectivity index (χ1n) is 13.8. The molecule has 5 amide bonds. The molecule has 0 aromatic rings. The van der Waals surface area contributed by atoms with Crippen LogP contribution in [0.5, 0.6) is 0 Å². The first-order valence-corrected chi connectivity index (χ1v) is 13.8. The second-order valence-electron chi connectivity index (χ2n) is 12.4. The van der Waals surface area contributed by atoms with Crippen molar-refractivity contribution < 1.29 is 57.7 Å². The number of rotatable bonds is 9. The van der Waals surface area contributed by atoms with Crippen molar-refractivity contribution in [3.8, 4) is 0 Å². The van der Waals surface area contributed by atoms with Gasteiger partial charge in [0.2, 0.25) is 0 Å². The second kappa shape index (κ2) is 17.3. The summed E-state index contributed by atoms with van der Waals surface area (Å²) in [5.41, 5.74) is -1.98. The number of alkyl carbamates (subject to hydrolysis) is 3. The Morgan fingerprint density at radius 1 is 0.721 bits per heavy atom. The number of carbonyl (C=O) groups is 6. The zero-order valence-corrected chi connectivity index (χ0v) is 26.8. The number of imide groups is 1. The van der Waals surface area contributed by atoms with Gasteiger partial charge in [-0.05, 0) is 68.7 Å². The molecule has 248 valence electrons. The molecule has 16 heteroatoms. The average Bonchev–Trinajstić information content (AvgIpc) is 3.13. The Morgan fingerprint density at radius 3 is 1.40 bits per heavy atom. The fourth-order valence-electron chi connectivity index (χ4n) is 2.73. The van der Waals surface area contributed by atoms with E-state index in [4.69, 9.17) is 24.1 Å². The van der Waals surface area contributed by atoms with E-state index < -0.39 is 65.3 Å². The molecule has 0 aliphatic carbocycles. The summed E-state index contributed by atoms with van der Waals surface area (Å²) in [6, 6.07) is 0. The lowest BCUT2D eigenvalue weighted by Crippen LogP contribution is -2.45. The van der Waals surface area contributed by atoms with Crippen LogP contribution in [0.2, 0.25) is 0 Å². The van der Waals surface area contributed by atoms with Crippen LogP contribution in [-0.4, -0.2) is 95.1 Å². The number of amides is 5. The highest BCUT2D eigenvalue weighted by Gasteiger charge is 2.34. The van der Waals surface area contributed by atoms with Crippen LogP contribution in [0.15, 0.2) is 0 Å². The Morgan fingerprint density at radius 2 is 1.07 bits per heavy atom. The summed E-state index contributed by atoms with van der Waals surface area (Å²) in [6.07, 6.45) is -4.50. The molecule has 1 unspecified atom stereocenters. The highest BCUT2D eigenvalue weighted by atomic mass is 16.8. The van der Waals surface area contributed by atoms with Gasteiger partial charge in [0.05, 0.1) is 19.2 Å². The third kappa shape index (κ3) is 20.7. The Balaban J connectivity index is 0.00000114. The lowest BCUT2D eigenvalue weighted by Gasteiger charge is -2.24. The molecule has 0 radical (unpaired) electrons. The van der Waals surface area contributed by atoms with Gasteiger partial charge in [0.25, 0.3) is 11.8 Å². The fraction of sp³-hybridized carbons (Fsp3) is 0.778. The van der Waals surface area contributed by atoms with Gasteiger partial charge < -0.3 is 40.0 Å². The Kier molecular flexibility index (Phi) is 15.8. The van der Waals surface area contributed by atoms with E-state index in [2.05, 4.69) is 20.8 Å². The van der Waals surface area contributed by atoms with E-state index in [0.29, 0.717) is 11.5 Å². The van der Waals surface area contributed by atoms with E-state index in [-0.39, 0.29) is 32.5 Å². The van der Waals surface area contributed by atoms with Crippen molar-refractivity contribution in [1.29, 1.82) is 0 Å². The Hall–Kier alpha value is -3.82. The number of ether oxygens (including phenoxy) is 4. The van der Waals surface area contributed by atoms with Crippen molar-refractivity contribution in [2.24, 2.45) is 0 Å². The summed E-state index contributed by atoms with van der Waals surface area (Å²) in [5, 5.41) is 16.7. The quantitative estimate of drug-likeness (QED) is 0.167. The first kappa shape index (κ1) is 39.2. The number of hydroxylamine groups is 2. The van der Waals surface area contributed by atoms with Crippen LogP contribution >= 0.6 is 0 Å². The predicted octanol–water partition coefficient (Wildman–Crippen LogP) is 2.90. The molecule has 1 aliphatic heterocycles. The maximum Gasteiger partial charge on any atom is 0.534 e. The highest BCUT2D eigenvalue weighted by molar-refractivity contribution is 6.01. The maximum absolute atomic E-state index is 12.0. The van der Waals surface area contributed by atoms with Gasteiger partial charge >= 0.3 is 24.4 Å². The standard InChI is InChI=1S/C18H29N3O9.C9H19NO3/c1-17(2,3)28-14(24)19-9-11(10-20-15(25)29-18(4,5)6)27-16(26)30-21-12(22)7-8-13(21)23;1-5-7(11)6-10-8(12)13-9(2,3)4/h11H,7-10H2,1-6H3,(H,19,24)(H,20,25);7,11H,5-6H2,1-4H3,(H,10,12). The van der Waals surface area contributed by atoms with E-state index in [1.54, 1.807) is 62.3 Å². The molecular weight excluding hydrogens is 572 g/mol. The van der Waals surface area contributed by atoms with Gasteiger partial charge in [-0.25, -0.2) is 19.2 Å². The number of nitrogens with zero attached hydrogens (tertiary/aromatic N) is 1. The summed E-state index contributed by atoms with van der Waals surface area (Å²) in [7, 11) is 0. The number of aliphatic hydroxyl groups is 1. The van der Waals surface area contributed by atoms with Crippen molar-refractivity contribution in [3.05, 3.63) is 0 Å². The van der Waals surface area contributed by atoms with Crippen molar-refractivity contribution >= 4 is 36.2 Å². The largest absolute Gasteiger partial charge is 0.534 e. The minimum atomic E-state index is -1.35. The zero-order valence-electron chi connectivity index (χ0n) is 26.8. The molecule has 1 aliphatic rings. The third-order valence-corrected chi connectivity index (χ3v) is 4.53. The van der Waals surface area contributed by atoms with E-state index in [9.17, 15) is 28.8 Å². The zero-order chi connectivity index (χ0) is 33.6. The van der Waals surface area contributed by atoms with Gasteiger partial charge in [0, 0.05) is 19.4 Å². The van der Waals surface area contributed by atoms with E-state index in [1.807, 2.05) is 6.92 Å². The van der Waals surface area contributed by atoms with Crippen LogP contribution in [0, 0.1) is 0 Å². The molecule has 0 aromatic carbocycles. The van der Waals surface area contributed by atoms with Crippen LogP contribution < -0.4 is 16.0 Å². The third-order valence-electron chi connectivity index (χ3n) is 4.53. The molecule has 1 heterocycles. The lowest BCUT2D eigenvalue weighted by atomic mass is 10.2. The van der Waals surface area contributed by atoms with Crippen LogP contribution in [0.1, 0.15) is 88.5 Å². The van der Waals surface area contributed by atoms with Crippen LogP contribution in [0.25, 0.3) is 0 Å². The summed E-state index contributed by atoms with van der Waals surface area (Å²) in [4.78, 5) is 74.3. The highest BCUT2D eigenvalue weighted by Crippen LogP contribution is 2.13. The lowest BCUT2D eigenvalue weighted by molar-refractivity contribution is -0.178. The SMILES string of the molecule is CC(C)(C)OC(=O)NCC(CNC(=O)OC(C)(C)C)OC(=O)ON1C(=O)CCC1=O.CCC(O)CNC(=O)OC(C)(C)C. The van der Waals surface area contributed by atoms with Gasteiger partial charge in [-0.15, -0.1) is 0 Å². The van der Waals surface area contributed by atoms with Crippen LogP contribution in [0.4, 0.5) is 19.2 Å². The number of aliphatic hydroxyl groups excluding tert-OH is 1. The second-order valence-corrected chi connectivity index (χ2v) is 12.4. The summed E-state index contributed by atoms with van der Waals surface area (Å²) in [6.45, 7) is 17.0. The molecule has 16 nitrogen and oxygen atoms in total. The monoisotopic (exact) mass is 620 g/mol. The van der Waals surface area contributed by atoms with Gasteiger partial charge in [-0.2, -0.15) is 0 Å². The molecule has 0 spiro atoms. The molecule has 4 N–H and O–H groups in total. The molecular formula is C27H48N4O12. The summed E-state index contributed by atoms with van der Waals surface area (Å²) >= 11 is 0. The molecule has 43 heavy (non-hydrogen) atoms. The molecule has 0 saturated carbocycles. The van der Waals surface area contributed by atoms with Crippen molar-refractivity contribution in [1.82, 2.24) is 21.0 Å². The van der Waals surface area contributed by atoms with E-state index >= 15 is 0 Å². The number of hydrogen-bond donors (Lipinski definition) is 4. The van der Waals surface area contributed by atoms with Crippen molar-refractivity contribution in [3.63, 3.8) is 0 Å². The Bertz CT molecular complexity index is 918. The molecule has 1 saturated heterocycles. The smallest absolute Gasteiger partial charge is 0.444 e. The van der Waals surface area contributed by atoms with Gasteiger partial charge in [0.15, 0.2) is 0 Å². The molecule has 1 rings (SSSR count). The van der Waals surface area contributed by atoms with Crippen LogP contribution in [-0.2, 0) is 33.4 Å². The Labute approximate surface area is 252 Å². The summed E-state index contributed by atoms with van der Waals surface area (Å²) < 4.78 is 20.2. The number of nitrogens with one attached hydrogen (secondary N) is 3. The van der Waals surface area contributed by atoms with E-state index in [1.165, 1.54) is 0 Å². The topological polar surface area (TPSA) is 208 Å².